The average Bonchev–Trinajstić information content (AvgIpc) is 2.78. The van der Waals surface area contributed by atoms with Crippen LogP contribution in [-0.2, 0) is 6.42 Å². The molecule has 1 heterocycles. The van der Waals surface area contributed by atoms with E-state index in [0.29, 0.717) is 0 Å². The molecule has 0 bridgehead atoms. The Balaban J connectivity index is 1.95. The number of hydrogen-bond donors (Lipinski definition) is 1. The lowest BCUT2D eigenvalue weighted by Gasteiger charge is -2.11. The topological polar surface area (TPSA) is 26.0 Å². The van der Waals surface area contributed by atoms with Crippen molar-refractivity contribution >= 4 is 33.9 Å². The first-order valence-corrected chi connectivity index (χ1v) is 7.30. The summed E-state index contributed by atoms with van der Waals surface area (Å²) < 4.78 is 1.25. The van der Waals surface area contributed by atoms with E-state index in [2.05, 4.69) is 63.7 Å². The van der Waals surface area contributed by atoms with E-state index in [4.69, 9.17) is 5.73 Å². The van der Waals surface area contributed by atoms with E-state index in [1.165, 1.54) is 14.7 Å². The summed E-state index contributed by atoms with van der Waals surface area (Å²) in [5.41, 5.74) is 8.81. The van der Waals surface area contributed by atoms with Crippen molar-refractivity contribution in [3.8, 4) is 0 Å². The minimum atomic E-state index is 0.148. The van der Waals surface area contributed by atoms with E-state index >= 15 is 0 Å². The number of thiophene rings is 1. The van der Waals surface area contributed by atoms with Crippen LogP contribution in [0.15, 0.2) is 41.1 Å². The molecule has 1 aromatic heterocycles. The predicted octanol–water partition coefficient (Wildman–Crippen LogP) is 3.99. The Bertz CT molecular complexity index is 439. The maximum Gasteiger partial charge on any atom is 0.0298 e. The van der Waals surface area contributed by atoms with E-state index in [-0.39, 0.29) is 6.04 Å². The van der Waals surface area contributed by atoms with Crippen molar-refractivity contribution < 1.29 is 0 Å². The molecule has 0 fully saturated rings. The van der Waals surface area contributed by atoms with Crippen molar-refractivity contribution in [2.24, 2.45) is 5.73 Å². The quantitative estimate of drug-likeness (QED) is 0.835. The van der Waals surface area contributed by atoms with E-state index in [1.807, 2.05) is 0 Å². The predicted molar refractivity (Wildman–Crippen MR) is 78.7 cm³/mol. The third-order valence-corrected chi connectivity index (χ3v) is 4.00. The number of nitrogens with two attached hydrogens (primary N) is 1. The number of rotatable bonds is 4. The van der Waals surface area contributed by atoms with E-state index in [0.717, 1.165) is 12.8 Å². The molecule has 2 rings (SSSR count). The summed E-state index contributed by atoms with van der Waals surface area (Å²) in [6.45, 7) is 0. The summed E-state index contributed by atoms with van der Waals surface area (Å²) >= 11 is 4.07. The maximum absolute atomic E-state index is 6.18. The minimum absolute atomic E-state index is 0.148. The molecule has 0 radical (unpaired) electrons. The standard InChI is InChI=1S/C13H14INS/c14-12-3-1-2-11(8-12)13(15)5-4-10-6-7-16-9-10/h1-3,6-9,13H,4-5,15H2. The van der Waals surface area contributed by atoms with Gasteiger partial charge in [-0.15, -0.1) is 0 Å². The van der Waals surface area contributed by atoms with E-state index in [1.54, 1.807) is 11.3 Å². The lowest BCUT2D eigenvalue weighted by molar-refractivity contribution is 0.652. The Morgan fingerprint density at radius 3 is 2.88 bits per heavy atom. The van der Waals surface area contributed by atoms with Crippen molar-refractivity contribution in [2.75, 3.05) is 0 Å². The number of aryl methyl sites for hydroxylation is 1. The van der Waals surface area contributed by atoms with Crippen LogP contribution >= 0.6 is 33.9 Å². The van der Waals surface area contributed by atoms with Crippen LogP contribution in [0.5, 0.6) is 0 Å². The highest BCUT2D eigenvalue weighted by Gasteiger charge is 2.06. The zero-order valence-electron chi connectivity index (χ0n) is 8.90. The lowest BCUT2D eigenvalue weighted by atomic mass is 10.0. The van der Waals surface area contributed by atoms with Crippen LogP contribution in [0.2, 0.25) is 0 Å². The second kappa shape index (κ2) is 5.80. The number of hydrogen-bond acceptors (Lipinski definition) is 2. The molecule has 0 aliphatic rings. The second-order valence-corrected chi connectivity index (χ2v) is 5.86. The summed E-state index contributed by atoms with van der Waals surface area (Å²) in [6, 6.07) is 10.8. The van der Waals surface area contributed by atoms with Gasteiger partial charge in [0.15, 0.2) is 0 Å². The van der Waals surface area contributed by atoms with E-state index in [9.17, 15) is 0 Å². The summed E-state index contributed by atoms with van der Waals surface area (Å²) in [5.74, 6) is 0. The van der Waals surface area contributed by atoms with Gasteiger partial charge in [0.1, 0.15) is 0 Å². The van der Waals surface area contributed by atoms with Crippen molar-refractivity contribution in [1.29, 1.82) is 0 Å². The molecule has 84 valence electrons. The van der Waals surface area contributed by atoms with Gasteiger partial charge >= 0.3 is 0 Å². The highest BCUT2D eigenvalue weighted by atomic mass is 127. The van der Waals surface area contributed by atoms with Crippen LogP contribution in [0.4, 0.5) is 0 Å². The van der Waals surface area contributed by atoms with Gasteiger partial charge in [0.25, 0.3) is 0 Å². The SMILES string of the molecule is NC(CCc1ccsc1)c1cccc(I)c1. The highest BCUT2D eigenvalue weighted by molar-refractivity contribution is 14.1. The third-order valence-electron chi connectivity index (χ3n) is 2.60. The van der Waals surface area contributed by atoms with Crippen LogP contribution in [0, 0.1) is 3.57 Å². The van der Waals surface area contributed by atoms with Crippen LogP contribution < -0.4 is 5.73 Å². The van der Waals surface area contributed by atoms with Gasteiger partial charge in [-0.05, 0) is 75.5 Å². The summed E-state index contributed by atoms with van der Waals surface area (Å²) in [7, 11) is 0. The molecule has 1 nitrogen and oxygen atoms in total. The van der Waals surface area contributed by atoms with Gasteiger partial charge in [0, 0.05) is 9.61 Å². The van der Waals surface area contributed by atoms with Gasteiger partial charge in [-0.2, -0.15) is 11.3 Å². The van der Waals surface area contributed by atoms with Crippen molar-refractivity contribution in [3.63, 3.8) is 0 Å². The summed E-state index contributed by atoms with van der Waals surface area (Å²) in [4.78, 5) is 0. The molecule has 2 aromatic rings. The molecule has 0 saturated carbocycles. The molecule has 0 amide bonds. The van der Waals surface area contributed by atoms with Gasteiger partial charge in [0.2, 0.25) is 0 Å². The molecule has 16 heavy (non-hydrogen) atoms. The van der Waals surface area contributed by atoms with Gasteiger partial charge in [-0.25, -0.2) is 0 Å². The molecular formula is C13H14INS. The maximum atomic E-state index is 6.18. The van der Waals surface area contributed by atoms with Crippen molar-refractivity contribution in [3.05, 3.63) is 55.8 Å². The Morgan fingerprint density at radius 2 is 2.19 bits per heavy atom. The fourth-order valence-electron chi connectivity index (χ4n) is 1.66. The zero-order valence-corrected chi connectivity index (χ0v) is 11.9. The van der Waals surface area contributed by atoms with Gasteiger partial charge < -0.3 is 5.73 Å². The average molecular weight is 343 g/mol. The molecule has 3 heteroatoms. The first kappa shape index (κ1) is 12.1. The minimum Gasteiger partial charge on any atom is -0.324 e. The largest absolute Gasteiger partial charge is 0.324 e. The molecule has 0 aliphatic carbocycles. The van der Waals surface area contributed by atoms with Crippen LogP contribution in [0.3, 0.4) is 0 Å². The zero-order chi connectivity index (χ0) is 11.4. The first-order chi connectivity index (χ1) is 7.75. The Morgan fingerprint density at radius 1 is 1.31 bits per heavy atom. The number of halogens is 1. The first-order valence-electron chi connectivity index (χ1n) is 5.28. The highest BCUT2D eigenvalue weighted by Crippen LogP contribution is 2.19. The van der Waals surface area contributed by atoms with E-state index < -0.39 is 0 Å². The second-order valence-electron chi connectivity index (χ2n) is 3.83. The van der Waals surface area contributed by atoms with Crippen molar-refractivity contribution in [2.45, 2.75) is 18.9 Å². The lowest BCUT2D eigenvalue weighted by Crippen LogP contribution is -2.11. The van der Waals surface area contributed by atoms with Crippen LogP contribution in [-0.4, -0.2) is 0 Å². The molecule has 2 N–H and O–H groups in total. The Hall–Kier alpha value is -0.390. The third kappa shape index (κ3) is 3.30. The molecular weight excluding hydrogens is 329 g/mol. The van der Waals surface area contributed by atoms with Gasteiger partial charge in [-0.1, -0.05) is 12.1 Å². The van der Waals surface area contributed by atoms with Gasteiger partial charge in [-0.3, -0.25) is 0 Å². The number of benzene rings is 1. The van der Waals surface area contributed by atoms with Crippen LogP contribution in [0.1, 0.15) is 23.6 Å². The van der Waals surface area contributed by atoms with Crippen molar-refractivity contribution in [1.82, 2.24) is 0 Å². The van der Waals surface area contributed by atoms with Gasteiger partial charge in [0.05, 0.1) is 0 Å². The molecule has 0 spiro atoms. The Kier molecular flexibility index (Phi) is 4.37. The molecule has 1 atom stereocenters. The van der Waals surface area contributed by atoms with Crippen LogP contribution in [0.25, 0.3) is 0 Å². The summed E-state index contributed by atoms with van der Waals surface area (Å²) in [6.07, 6.45) is 2.08. The molecule has 1 unspecified atom stereocenters. The summed E-state index contributed by atoms with van der Waals surface area (Å²) in [5, 5.41) is 4.31. The normalized spacial score (nSPS) is 12.6. The fourth-order valence-corrected chi connectivity index (χ4v) is 2.93. The molecule has 0 saturated heterocycles. The fraction of sp³-hybridized carbons (Fsp3) is 0.231. The monoisotopic (exact) mass is 343 g/mol. The molecule has 1 aromatic carbocycles. The smallest absolute Gasteiger partial charge is 0.0298 e. The molecule has 0 aliphatic heterocycles. The Labute approximate surface area is 114 Å².